The molecule has 8 bridgehead atoms. The molecule has 3 aromatic heterocycles. The maximum absolute atomic E-state index is 11.2. The first-order valence-corrected chi connectivity index (χ1v) is 11.6. The van der Waals surface area contributed by atoms with Crippen LogP contribution in [0.15, 0.2) is 48.5 Å². The van der Waals surface area contributed by atoms with Crippen LogP contribution >= 0.6 is 0 Å². The Bertz CT molecular complexity index is 1730. The first kappa shape index (κ1) is 21.1. The van der Waals surface area contributed by atoms with Crippen LogP contribution in [0.3, 0.4) is 0 Å². The fourth-order valence-electron chi connectivity index (χ4n) is 4.67. The predicted octanol–water partition coefficient (Wildman–Crippen LogP) is 7.06. The van der Waals surface area contributed by atoms with Crippen molar-refractivity contribution in [1.29, 1.82) is 0 Å². The maximum Gasteiger partial charge on any atom is 0.150 e. The molecule has 170 valence electrons. The average Bonchev–Trinajstić information content (AvgIpc) is 3.69. The molecule has 4 aromatic rings. The van der Waals surface area contributed by atoms with Crippen molar-refractivity contribution in [2.45, 2.75) is 20.8 Å². The Morgan fingerprint density at radius 3 is 1.51 bits per heavy atom. The Morgan fingerprint density at radius 1 is 0.571 bits per heavy atom. The second kappa shape index (κ2) is 8.06. The molecule has 0 amide bonds. The lowest BCUT2D eigenvalue weighted by atomic mass is 10.0. The van der Waals surface area contributed by atoms with Crippen molar-refractivity contribution in [1.82, 2.24) is 19.9 Å². The molecule has 0 saturated heterocycles. The SMILES string of the molecule is Cc1c2nc(c(C)c3ccc([nH]3)c(-c3ccc(C=O)cc3)c3nc(c(C)c4ccc1[nH]4)C=C3)C=C2. The van der Waals surface area contributed by atoms with E-state index in [4.69, 9.17) is 9.97 Å². The molecule has 0 radical (unpaired) electrons. The summed E-state index contributed by atoms with van der Waals surface area (Å²) in [5, 5.41) is 0. The van der Waals surface area contributed by atoms with Gasteiger partial charge in [-0.1, -0.05) is 24.3 Å². The molecule has 5 heterocycles. The Kier molecular flexibility index (Phi) is 4.85. The maximum atomic E-state index is 11.2. The predicted molar refractivity (Wildman–Crippen MR) is 144 cm³/mol. The number of H-pyrrole nitrogens is 2. The standard InChI is InChI=1S/C30H24N4O/c1-17-22-8-10-24(31-22)18(2)26-12-14-28(33-26)30(21-6-4-20(16-35)5-7-21)29-15-13-27(34-29)19(3)25-11-9-23(17)32-25/h4-16,31,34H,1-3H3. The molecule has 5 nitrogen and oxygen atoms in total. The number of aldehydes is 1. The van der Waals surface area contributed by atoms with E-state index in [0.717, 1.165) is 78.9 Å². The molecule has 2 aliphatic rings. The second-order valence-corrected chi connectivity index (χ2v) is 8.99. The number of benzene rings is 1. The van der Waals surface area contributed by atoms with Crippen molar-refractivity contribution in [3.8, 4) is 11.1 Å². The number of carbonyl (C=O) groups excluding carboxylic acids is 1. The van der Waals surface area contributed by atoms with Gasteiger partial charge in [-0.25, -0.2) is 9.97 Å². The molecule has 0 atom stereocenters. The van der Waals surface area contributed by atoms with Gasteiger partial charge in [0, 0.05) is 33.2 Å². The third-order valence-electron chi connectivity index (χ3n) is 6.88. The summed E-state index contributed by atoms with van der Waals surface area (Å²) in [5.74, 6) is 0. The highest BCUT2D eigenvalue weighted by molar-refractivity contribution is 5.92. The summed E-state index contributed by atoms with van der Waals surface area (Å²) in [6, 6.07) is 16.0. The van der Waals surface area contributed by atoms with Crippen molar-refractivity contribution in [3.63, 3.8) is 0 Å². The number of fused-ring (bicyclic) bond motifs is 8. The smallest absolute Gasteiger partial charge is 0.150 e. The van der Waals surface area contributed by atoms with Gasteiger partial charge in [-0.15, -0.1) is 0 Å². The zero-order valence-corrected chi connectivity index (χ0v) is 19.8. The quantitative estimate of drug-likeness (QED) is 0.274. The highest BCUT2D eigenvalue weighted by Crippen LogP contribution is 2.31. The summed E-state index contributed by atoms with van der Waals surface area (Å²) in [5.41, 5.74) is 13.6. The molecule has 0 unspecified atom stereocenters. The third kappa shape index (κ3) is 3.53. The summed E-state index contributed by atoms with van der Waals surface area (Å²) < 4.78 is 0. The van der Waals surface area contributed by atoms with Gasteiger partial charge in [0.15, 0.2) is 0 Å². The Balaban J connectivity index is 1.76. The summed E-state index contributed by atoms with van der Waals surface area (Å²) in [6.45, 7) is 6.27. The van der Waals surface area contributed by atoms with Crippen LogP contribution in [-0.4, -0.2) is 26.2 Å². The van der Waals surface area contributed by atoms with Crippen molar-refractivity contribution < 1.29 is 4.79 Å². The third-order valence-corrected chi connectivity index (χ3v) is 6.88. The minimum absolute atomic E-state index is 0.645. The fourth-order valence-corrected chi connectivity index (χ4v) is 4.67. The van der Waals surface area contributed by atoms with Crippen LogP contribution in [0, 0.1) is 20.8 Å². The molecule has 35 heavy (non-hydrogen) atoms. The van der Waals surface area contributed by atoms with E-state index in [1.165, 1.54) is 0 Å². The number of hydrogen-bond acceptors (Lipinski definition) is 3. The summed E-state index contributed by atoms with van der Waals surface area (Å²) in [7, 11) is 0. The minimum Gasteiger partial charge on any atom is -0.355 e. The fraction of sp³-hybridized carbons (Fsp3) is 0.100. The van der Waals surface area contributed by atoms with Gasteiger partial charge in [-0.2, -0.15) is 0 Å². The van der Waals surface area contributed by atoms with Crippen LogP contribution in [0.1, 0.15) is 49.8 Å². The zero-order chi connectivity index (χ0) is 24.1. The molecule has 2 aliphatic heterocycles. The Hall–Kier alpha value is -4.51. The second-order valence-electron chi connectivity index (χ2n) is 8.99. The molecule has 5 heteroatoms. The van der Waals surface area contributed by atoms with E-state index in [1.54, 1.807) is 0 Å². The van der Waals surface area contributed by atoms with Gasteiger partial charge >= 0.3 is 0 Å². The first-order chi connectivity index (χ1) is 17.0. The van der Waals surface area contributed by atoms with Crippen LogP contribution < -0.4 is 0 Å². The number of nitrogens with one attached hydrogen (secondary N) is 2. The zero-order valence-electron chi connectivity index (χ0n) is 19.8. The molecule has 6 rings (SSSR count). The van der Waals surface area contributed by atoms with Crippen molar-refractivity contribution in [3.05, 3.63) is 93.6 Å². The van der Waals surface area contributed by atoms with E-state index in [0.29, 0.717) is 5.56 Å². The van der Waals surface area contributed by atoms with Crippen molar-refractivity contribution >= 4 is 52.7 Å². The van der Waals surface area contributed by atoms with E-state index >= 15 is 0 Å². The lowest BCUT2D eigenvalue weighted by Crippen LogP contribution is -1.88. The highest BCUT2D eigenvalue weighted by Gasteiger charge is 2.14. The van der Waals surface area contributed by atoms with Gasteiger partial charge in [0.25, 0.3) is 0 Å². The van der Waals surface area contributed by atoms with Crippen LogP contribution in [-0.2, 0) is 0 Å². The van der Waals surface area contributed by atoms with Crippen LogP contribution in [0.25, 0.3) is 57.5 Å². The molecule has 0 saturated carbocycles. The highest BCUT2D eigenvalue weighted by atomic mass is 16.1. The molecule has 0 spiro atoms. The lowest BCUT2D eigenvalue weighted by molar-refractivity contribution is 0.112. The van der Waals surface area contributed by atoms with Gasteiger partial charge in [-0.3, -0.25) is 4.79 Å². The number of carbonyl (C=O) groups is 1. The van der Waals surface area contributed by atoms with E-state index in [2.05, 4.69) is 79.3 Å². The topological polar surface area (TPSA) is 74.4 Å². The van der Waals surface area contributed by atoms with E-state index in [9.17, 15) is 4.79 Å². The van der Waals surface area contributed by atoms with E-state index < -0.39 is 0 Å². The summed E-state index contributed by atoms with van der Waals surface area (Å²) >= 11 is 0. The van der Waals surface area contributed by atoms with Gasteiger partial charge in [0.2, 0.25) is 0 Å². The molecule has 2 N–H and O–H groups in total. The molecular weight excluding hydrogens is 432 g/mol. The van der Waals surface area contributed by atoms with Crippen LogP contribution in [0.2, 0.25) is 0 Å². The minimum atomic E-state index is 0.645. The van der Waals surface area contributed by atoms with Crippen LogP contribution in [0.5, 0.6) is 0 Å². The number of aromatic amines is 2. The monoisotopic (exact) mass is 456 g/mol. The summed E-state index contributed by atoms with van der Waals surface area (Å²) in [4.78, 5) is 28.3. The van der Waals surface area contributed by atoms with Crippen molar-refractivity contribution in [2.24, 2.45) is 0 Å². The van der Waals surface area contributed by atoms with Gasteiger partial charge in [-0.05, 0) is 91.6 Å². The van der Waals surface area contributed by atoms with Gasteiger partial charge < -0.3 is 9.97 Å². The molecule has 0 aliphatic carbocycles. The number of aryl methyl sites for hydroxylation is 3. The Labute approximate surface area is 202 Å². The normalized spacial score (nSPS) is 12.3. The van der Waals surface area contributed by atoms with Gasteiger partial charge in [0.05, 0.1) is 22.8 Å². The van der Waals surface area contributed by atoms with E-state index in [-0.39, 0.29) is 0 Å². The molecule has 1 aromatic carbocycles. The average molecular weight is 457 g/mol. The molecular formula is C30H24N4O. The molecule has 0 fully saturated rings. The number of hydrogen-bond donors (Lipinski definition) is 2. The lowest BCUT2D eigenvalue weighted by Gasteiger charge is -2.04. The number of nitrogens with zero attached hydrogens (tertiary/aromatic N) is 2. The van der Waals surface area contributed by atoms with Crippen molar-refractivity contribution in [2.75, 3.05) is 0 Å². The number of aromatic nitrogens is 4. The van der Waals surface area contributed by atoms with Gasteiger partial charge in [0.1, 0.15) is 6.29 Å². The van der Waals surface area contributed by atoms with E-state index in [1.807, 2.05) is 24.3 Å². The number of rotatable bonds is 2. The van der Waals surface area contributed by atoms with Crippen LogP contribution in [0.4, 0.5) is 0 Å². The largest absolute Gasteiger partial charge is 0.355 e. The first-order valence-electron chi connectivity index (χ1n) is 11.6. The Morgan fingerprint density at radius 2 is 1.00 bits per heavy atom. The summed E-state index contributed by atoms with van der Waals surface area (Å²) in [6.07, 6.45) is 9.13.